The van der Waals surface area contributed by atoms with Crippen molar-refractivity contribution in [3.8, 4) is 0 Å². The lowest BCUT2D eigenvalue weighted by molar-refractivity contribution is -0.123. The largest absolute Gasteiger partial charge is 0.391 e. The molecule has 0 saturated carbocycles. The highest BCUT2D eigenvalue weighted by molar-refractivity contribution is 9.10. The van der Waals surface area contributed by atoms with E-state index >= 15 is 0 Å². The Morgan fingerprint density at radius 3 is 2.38 bits per heavy atom. The molecule has 0 aliphatic rings. The number of aliphatic hydroxyl groups excluding tert-OH is 1. The van der Waals surface area contributed by atoms with Crippen LogP contribution in [-0.2, 0) is 4.79 Å². The van der Waals surface area contributed by atoms with Crippen molar-refractivity contribution in [3.63, 3.8) is 0 Å². The molecule has 0 aliphatic carbocycles. The van der Waals surface area contributed by atoms with Crippen LogP contribution in [0.25, 0.3) is 0 Å². The summed E-state index contributed by atoms with van der Waals surface area (Å²) in [7, 11) is 0. The van der Waals surface area contributed by atoms with Gasteiger partial charge in [-0.25, -0.2) is 0 Å². The van der Waals surface area contributed by atoms with E-state index in [0.717, 1.165) is 6.42 Å². The summed E-state index contributed by atoms with van der Waals surface area (Å²) in [6.07, 6.45) is 0.176. The molecular formula is C9H18BrNO2. The van der Waals surface area contributed by atoms with Gasteiger partial charge in [0.15, 0.2) is 0 Å². The summed E-state index contributed by atoms with van der Waals surface area (Å²) in [6, 6.07) is 0. The highest BCUT2D eigenvalue weighted by Gasteiger charge is 2.27. The number of alkyl halides is 1. The summed E-state index contributed by atoms with van der Waals surface area (Å²) in [5, 5.41) is 12.1. The minimum Gasteiger partial charge on any atom is -0.391 e. The fourth-order valence-electron chi connectivity index (χ4n) is 0.686. The number of amides is 1. The lowest BCUT2D eigenvalue weighted by atomic mass is 9.98. The first-order chi connectivity index (χ1) is 5.81. The summed E-state index contributed by atoms with van der Waals surface area (Å²) in [4.78, 5) is 11.2. The number of aliphatic hydroxyl groups is 1. The summed E-state index contributed by atoms with van der Waals surface area (Å²) in [6.45, 7) is 7.18. The van der Waals surface area contributed by atoms with Gasteiger partial charge in [0.1, 0.15) is 0 Å². The molecule has 0 bridgehead atoms. The molecule has 2 N–H and O–H groups in total. The predicted octanol–water partition coefficient (Wildman–Crippen LogP) is 1.44. The number of carbonyl (C=O) groups is 1. The fraction of sp³-hybridized carbons (Fsp3) is 0.889. The number of nitrogens with one attached hydrogen (secondary N) is 1. The van der Waals surface area contributed by atoms with Gasteiger partial charge in [0.25, 0.3) is 0 Å². The molecule has 1 amide bonds. The van der Waals surface area contributed by atoms with Gasteiger partial charge in [0, 0.05) is 0 Å². The molecule has 0 aliphatic heterocycles. The van der Waals surface area contributed by atoms with E-state index in [9.17, 15) is 9.90 Å². The number of rotatable bonds is 4. The zero-order valence-electron chi connectivity index (χ0n) is 8.60. The maximum atomic E-state index is 11.4. The van der Waals surface area contributed by atoms with Gasteiger partial charge in [-0.2, -0.15) is 0 Å². The van der Waals surface area contributed by atoms with Crippen molar-refractivity contribution in [2.45, 2.75) is 50.6 Å². The molecule has 13 heavy (non-hydrogen) atoms. The van der Waals surface area contributed by atoms with Gasteiger partial charge in [0.2, 0.25) is 5.91 Å². The Morgan fingerprint density at radius 1 is 1.62 bits per heavy atom. The van der Waals surface area contributed by atoms with Crippen LogP contribution in [0, 0.1) is 0 Å². The first-order valence-electron chi connectivity index (χ1n) is 4.45. The Labute approximate surface area is 88.0 Å². The molecule has 0 radical (unpaired) electrons. The molecule has 0 spiro atoms. The molecule has 0 rings (SSSR count). The van der Waals surface area contributed by atoms with E-state index in [2.05, 4.69) is 21.2 Å². The number of hydrogen-bond donors (Lipinski definition) is 2. The van der Waals surface area contributed by atoms with Crippen LogP contribution >= 0.6 is 15.9 Å². The molecule has 0 saturated heterocycles. The molecule has 0 aromatic carbocycles. The van der Waals surface area contributed by atoms with E-state index < -0.39 is 11.6 Å². The summed E-state index contributed by atoms with van der Waals surface area (Å²) < 4.78 is 0. The summed E-state index contributed by atoms with van der Waals surface area (Å²) >= 11 is 3.25. The second-order valence-corrected chi connectivity index (χ2v) is 4.87. The van der Waals surface area contributed by atoms with Crippen LogP contribution in [0.5, 0.6) is 0 Å². The lowest BCUT2D eigenvalue weighted by Crippen LogP contribution is -2.52. The minimum atomic E-state index is -0.571. The van der Waals surface area contributed by atoms with Crippen LogP contribution in [0.4, 0.5) is 0 Å². The van der Waals surface area contributed by atoms with E-state index in [-0.39, 0.29) is 10.7 Å². The maximum absolute atomic E-state index is 11.4. The lowest BCUT2D eigenvalue weighted by Gasteiger charge is -2.30. The van der Waals surface area contributed by atoms with Crippen LogP contribution in [-0.4, -0.2) is 27.5 Å². The highest BCUT2D eigenvalue weighted by Crippen LogP contribution is 2.11. The number of carbonyl (C=O) groups excluding carboxylic acids is 1. The third-order valence-corrected chi connectivity index (χ3v) is 3.20. The zero-order valence-corrected chi connectivity index (χ0v) is 10.2. The van der Waals surface area contributed by atoms with E-state index in [0.29, 0.717) is 0 Å². The van der Waals surface area contributed by atoms with Crippen LogP contribution in [0.15, 0.2) is 0 Å². The summed E-state index contributed by atoms with van der Waals surface area (Å²) in [5.74, 6) is -0.0756. The Balaban J connectivity index is 4.19. The Morgan fingerprint density at radius 2 is 2.08 bits per heavy atom. The van der Waals surface area contributed by atoms with Crippen molar-refractivity contribution >= 4 is 21.8 Å². The fourth-order valence-corrected chi connectivity index (χ4v) is 0.800. The minimum absolute atomic E-state index is 0.0756. The van der Waals surface area contributed by atoms with E-state index in [1.54, 1.807) is 20.8 Å². The normalized spacial score (nSPS) is 16.5. The summed E-state index contributed by atoms with van der Waals surface area (Å²) in [5.41, 5.74) is -0.571. The number of halogens is 1. The second-order valence-electron chi connectivity index (χ2n) is 3.76. The zero-order chi connectivity index (χ0) is 10.6. The Hall–Kier alpha value is -0.0900. The maximum Gasteiger partial charge on any atom is 0.234 e. The molecule has 0 fully saturated rings. The van der Waals surface area contributed by atoms with E-state index in [1.165, 1.54) is 0 Å². The van der Waals surface area contributed by atoms with Crippen molar-refractivity contribution in [2.75, 3.05) is 0 Å². The Kier molecular flexibility index (Phi) is 4.92. The van der Waals surface area contributed by atoms with Crippen molar-refractivity contribution < 1.29 is 9.90 Å². The molecule has 2 unspecified atom stereocenters. The average molecular weight is 252 g/mol. The van der Waals surface area contributed by atoms with Crippen molar-refractivity contribution in [2.24, 2.45) is 0 Å². The van der Waals surface area contributed by atoms with Gasteiger partial charge < -0.3 is 10.4 Å². The van der Waals surface area contributed by atoms with Gasteiger partial charge >= 0.3 is 0 Å². The quantitative estimate of drug-likeness (QED) is 0.744. The predicted molar refractivity (Wildman–Crippen MR) is 56.9 cm³/mol. The molecule has 78 valence electrons. The molecule has 4 heteroatoms. The molecule has 2 atom stereocenters. The first-order valence-corrected chi connectivity index (χ1v) is 5.37. The van der Waals surface area contributed by atoms with E-state index in [4.69, 9.17) is 0 Å². The van der Waals surface area contributed by atoms with Gasteiger partial charge in [-0.05, 0) is 27.2 Å². The van der Waals surface area contributed by atoms with Gasteiger partial charge in [-0.1, -0.05) is 22.9 Å². The molecule has 0 aromatic heterocycles. The van der Waals surface area contributed by atoms with Gasteiger partial charge in [0.05, 0.1) is 16.5 Å². The van der Waals surface area contributed by atoms with Crippen molar-refractivity contribution in [3.05, 3.63) is 0 Å². The van der Waals surface area contributed by atoms with Crippen molar-refractivity contribution in [1.82, 2.24) is 5.32 Å². The topological polar surface area (TPSA) is 49.3 Å². The van der Waals surface area contributed by atoms with Crippen LogP contribution in [0.1, 0.15) is 34.1 Å². The smallest absolute Gasteiger partial charge is 0.234 e. The third kappa shape index (κ3) is 4.09. The molecule has 0 aromatic rings. The first kappa shape index (κ1) is 12.9. The number of hydrogen-bond acceptors (Lipinski definition) is 2. The Bertz CT molecular complexity index is 180. The van der Waals surface area contributed by atoms with Gasteiger partial charge in [-0.15, -0.1) is 0 Å². The average Bonchev–Trinajstić information content (AvgIpc) is 2.01. The van der Waals surface area contributed by atoms with Crippen molar-refractivity contribution in [1.29, 1.82) is 0 Å². The van der Waals surface area contributed by atoms with E-state index in [1.807, 2.05) is 6.92 Å². The molecule has 0 heterocycles. The molecule has 3 nitrogen and oxygen atoms in total. The SMILES string of the molecule is CCC(Br)C(=O)NC(C)(C)C(C)O. The van der Waals surface area contributed by atoms with Crippen LogP contribution < -0.4 is 5.32 Å². The molecular weight excluding hydrogens is 234 g/mol. The van der Waals surface area contributed by atoms with Gasteiger partial charge in [-0.3, -0.25) is 4.79 Å². The standard InChI is InChI=1S/C9H18BrNO2/c1-5-7(10)8(13)11-9(3,4)6(2)12/h6-7,12H,5H2,1-4H3,(H,11,13). The highest BCUT2D eigenvalue weighted by atomic mass is 79.9. The monoisotopic (exact) mass is 251 g/mol. The third-order valence-electron chi connectivity index (χ3n) is 2.13. The second kappa shape index (κ2) is 4.96. The van der Waals surface area contributed by atoms with Crippen LogP contribution in [0.3, 0.4) is 0 Å². The van der Waals surface area contributed by atoms with Crippen LogP contribution in [0.2, 0.25) is 0 Å².